The molecule has 1 heterocycles. The Labute approximate surface area is 114 Å². The van der Waals surface area contributed by atoms with Gasteiger partial charge in [-0.1, -0.05) is 52.8 Å². The second-order valence-electron chi connectivity index (χ2n) is 4.20. The van der Waals surface area contributed by atoms with Crippen molar-refractivity contribution in [2.75, 3.05) is 0 Å². The number of nitrogens with zero attached hydrogens (tertiary/aromatic N) is 1. The summed E-state index contributed by atoms with van der Waals surface area (Å²) in [7, 11) is 0. The van der Waals surface area contributed by atoms with Crippen molar-refractivity contribution in [1.82, 2.24) is 4.57 Å². The SMILES string of the molecule is C=C(c1cccc(Br)c1)n1ccc2ccccc21. The topological polar surface area (TPSA) is 4.93 Å². The van der Waals surface area contributed by atoms with Gasteiger partial charge in [0.1, 0.15) is 0 Å². The maximum absolute atomic E-state index is 4.20. The Balaban J connectivity index is 2.12. The number of rotatable bonds is 2. The molecule has 0 aliphatic heterocycles. The minimum atomic E-state index is 0.984. The summed E-state index contributed by atoms with van der Waals surface area (Å²) in [5.41, 5.74) is 3.28. The first-order chi connectivity index (χ1) is 8.75. The summed E-state index contributed by atoms with van der Waals surface area (Å²) in [6.07, 6.45) is 2.06. The molecule has 2 heteroatoms. The highest BCUT2D eigenvalue weighted by Gasteiger charge is 2.05. The molecule has 0 aliphatic carbocycles. The molecule has 0 saturated heterocycles. The van der Waals surface area contributed by atoms with Crippen LogP contribution in [0.3, 0.4) is 0 Å². The second-order valence-corrected chi connectivity index (χ2v) is 5.12. The van der Waals surface area contributed by atoms with E-state index in [1.54, 1.807) is 0 Å². The van der Waals surface area contributed by atoms with E-state index in [-0.39, 0.29) is 0 Å². The quantitative estimate of drug-likeness (QED) is 0.632. The summed E-state index contributed by atoms with van der Waals surface area (Å²) in [6.45, 7) is 4.20. The predicted octanol–water partition coefficient (Wildman–Crippen LogP) is 4.92. The predicted molar refractivity (Wildman–Crippen MR) is 80.5 cm³/mol. The van der Waals surface area contributed by atoms with Gasteiger partial charge in [-0.25, -0.2) is 0 Å². The van der Waals surface area contributed by atoms with Gasteiger partial charge in [-0.15, -0.1) is 0 Å². The smallest absolute Gasteiger partial charge is 0.0528 e. The molecule has 0 radical (unpaired) electrons. The number of aromatic nitrogens is 1. The van der Waals surface area contributed by atoms with E-state index in [1.165, 1.54) is 10.9 Å². The van der Waals surface area contributed by atoms with Gasteiger partial charge in [0.25, 0.3) is 0 Å². The third-order valence-corrected chi connectivity index (χ3v) is 3.54. The maximum atomic E-state index is 4.20. The minimum absolute atomic E-state index is 0.984. The number of hydrogen-bond donors (Lipinski definition) is 0. The van der Waals surface area contributed by atoms with Crippen molar-refractivity contribution in [3.8, 4) is 0 Å². The van der Waals surface area contributed by atoms with Crippen LogP contribution >= 0.6 is 15.9 Å². The highest BCUT2D eigenvalue weighted by atomic mass is 79.9. The third kappa shape index (κ3) is 1.89. The van der Waals surface area contributed by atoms with Gasteiger partial charge in [0.2, 0.25) is 0 Å². The van der Waals surface area contributed by atoms with Crippen molar-refractivity contribution in [3.63, 3.8) is 0 Å². The molecule has 88 valence electrons. The molecule has 1 nitrogen and oxygen atoms in total. The lowest BCUT2D eigenvalue weighted by atomic mass is 10.1. The number of benzene rings is 2. The van der Waals surface area contributed by atoms with Gasteiger partial charge in [-0.3, -0.25) is 0 Å². The van der Waals surface area contributed by atoms with Gasteiger partial charge in [0.15, 0.2) is 0 Å². The summed E-state index contributed by atoms with van der Waals surface area (Å²) < 4.78 is 3.19. The molecule has 0 aliphatic rings. The number of halogens is 1. The highest BCUT2D eigenvalue weighted by Crippen LogP contribution is 2.24. The van der Waals surface area contributed by atoms with E-state index in [0.717, 1.165) is 15.7 Å². The number of para-hydroxylation sites is 1. The number of hydrogen-bond acceptors (Lipinski definition) is 0. The summed E-state index contributed by atoms with van der Waals surface area (Å²) in [5, 5.41) is 1.23. The van der Waals surface area contributed by atoms with E-state index in [4.69, 9.17) is 0 Å². The molecule has 3 aromatic rings. The van der Waals surface area contributed by atoms with E-state index < -0.39 is 0 Å². The minimum Gasteiger partial charge on any atom is -0.317 e. The van der Waals surface area contributed by atoms with Crippen LogP contribution in [0.4, 0.5) is 0 Å². The monoisotopic (exact) mass is 297 g/mol. The summed E-state index contributed by atoms with van der Waals surface area (Å²) in [4.78, 5) is 0. The lowest BCUT2D eigenvalue weighted by molar-refractivity contribution is 1.17. The molecule has 0 spiro atoms. The van der Waals surface area contributed by atoms with Crippen LogP contribution < -0.4 is 0 Å². The number of fused-ring (bicyclic) bond motifs is 1. The molecule has 0 bridgehead atoms. The Bertz CT molecular complexity index is 725. The lowest BCUT2D eigenvalue weighted by Gasteiger charge is -2.09. The zero-order valence-corrected chi connectivity index (χ0v) is 11.4. The fourth-order valence-electron chi connectivity index (χ4n) is 2.13. The largest absolute Gasteiger partial charge is 0.317 e. The Morgan fingerprint density at radius 2 is 1.83 bits per heavy atom. The third-order valence-electron chi connectivity index (χ3n) is 3.05. The molecule has 1 aromatic heterocycles. The van der Waals surface area contributed by atoms with Gasteiger partial charge >= 0.3 is 0 Å². The van der Waals surface area contributed by atoms with Crippen LogP contribution in [-0.4, -0.2) is 4.57 Å². The highest BCUT2D eigenvalue weighted by molar-refractivity contribution is 9.10. The van der Waals surface area contributed by atoms with Crippen LogP contribution in [0.15, 0.2) is 71.8 Å². The average Bonchev–Trinajstić information content (AvgIpc) is 2.82. The van der Waals surface area contributed by atoms with E-state index in [1.807, 2.05) is 18.2 Å². The van der Waals surface area contributed by atoms with E-state index in [0.29, 0.717) is 0 Å². The second kappa shape index (κ2) is 4.46. The molecular formula is C16H12BrN. The Hall–Kier alpha value is -1.80. The standard InChI is InChI=1S/C16H12BrN/c1-12(14-6-4-7-15(17)11-14)18-10-9-13-5-2-3-8-16(13)18/h2-11H,1H2. The van der Waals surface area contributed by atoms with Gasteiger partial charge in [0.05, 0.1) is 5.52 Å². The molecule has 2 aromatic carbocycles. The Kier molecular flexibility index (Phi) is 2.80. The fourth-order valence-corrected chi connectivity index (χ4v) is 2.52. The molecule has 18 heavy (non-hydrogen) atoms. The maximum Gasteiger partial charge on any atom is 0.0528 e. The van der Waals surface area contributed by atoms with E-state index in [2.05, 4.69) is 69.7 Å². The molecular weight excluding hydrogens is 286 g/mol. The van der Waals surface area contributed by atoms with E-state index >= 15 is 0 Å². The zero-order valence-electron chi connectivity index (χ0n) is 9.81. The van der Waals surface area contributed by atoms with Crippen LogP contribution in [0.25, 0.3) is 16.6 Å². The molecule has 0 N–H and O–H groups in total. The first-order valence-electron chi connectivity index (χ1n) is 5.77. The molecule has 0 atom stereocenters. The van der Waals surface area contributed by atoms with Crippen LogP contribution in [-0.2, 0) is 0 Å². The molecule has 0 amide bonds. The van der Waals surface area contributed by atoms with Crippen LogP contribution in [0.1, 0.15) is 5.56 Å². The van der Waals surface area contributed by atoms with Crippen LogP contribution in [0, 0.1) is 0 Å². The Morgan fingerprint density at radius 3 is 2.67 bits per heavy atom. The molecule has 3 rings (SSSR count). The first kappa shape index (κ1) is 11.3. The summed E-state index contributed by atoms with van der Waals surface area (Å²) in [6, 6.07) is 18.6. The summed E-state index contributed by atoms with van der Waals surface area (Å²) >= 11 is 3.49. The van der Waals surface area contributed by atoms with Crippen molar-refractivity contribution in [3.05, 3.63) is 77.4 Å². The lowest BCUT2D eigenvalue weighted by Crippen LogP contribution is -1.95. The normalized spacial score (nSPS) is 10.7. The Morgan fingerprint density at radius 1 is 1.00 bits per heavy atom. The van der Waals surface area contributed by atoms with Crippen molar-refractivity contribution in [2.24, 2.45) is 0 Å². The molecule has 0 unspecified atom stereocenters. The van der Waals surface area contributed by atoms with Crippen LogP contribution in [0.5, 0.6) is 0 Å². The van der Waals surface area contributed by atoms with Crippen molar-refractivity contribution in [2.45, 2.75) is 0 Å². The van der Waals surface area contributed by atoms with Crippen molar-refractivity contribution < 1.29 is 0 Å². The van der Waals surface area contributed by atoms with Crippen molar-refractivity contribution in [1.29, 1.82) is 0 Å². The van der Waals surface area contributed by atoms with Gasteiger partial charge in [0, 0.05) is 16.4 Å². The average molecular weight is 298 g/mol. The molecule has 0 saturated carbocycles. The fraction of sp³-hybridized carbons (Fsp3) is 0. The van der Waals surface area contributed by atoms with Gasteiger partial charge in [-0.2, -0.15) is 0 Å². The van der Waals surface area contributed by atoms with Crippen molar-refractivity contribution >= 4 is 32.5 Å². The van der Waals surface area contributed by atoms with E-state index in [9.17, 15) is 0 Å². The molecule has 0 fully saturated rings. The van der Waals surface area contributed by atoms with Crippen LogP contribution in [0.2, 0.25) is 0 Å². The summed E-state index contributed by atoms with van der Waals surface area (Å²) in [5.74, 6) is 0. The van der Waals surface area contributed by atoms with Gasteiger partial charge in [-0.05, 0) is 35.2 Å². The first-order valence-corrected chi connectivity index (χ1v) is 6.56. The van der Waals surface area contributed by atoms with Gasteiger partial charge < -0.3 is 4.57 Å². The zero-order chi connectivity index (χ0) is 12.5.